The van der Waals surface area contributed by atoms with Crippen LogP contribution in [0.2, 0.25) is 0 Å². The Balaban J connectivity index is 1.19. The van der Waals surface area contributed by atoms with Gasteiger partial charge in [0.05, 0.1) is 44.7 Å². The molecule has 458 valence electrons. The number of aliphatic hydroxyl groups excluding tert-OH is 7. The Kier molecular flexibility index (Phi) is 22.0. The second-order valence-corrected chi connectivity index (χ2v) is 21.8. The van der Waals surface area contributed by atoms with E-state index < -0.39 is 234 Å². The van der Waals surface area contributed by atoms with Crippen molar-refractivity contribution in [1.29, 1.82) is 0 Å². The highest BCUT2D eigenvalue weighted by Gasteiger charge is 2.55. The van der Waals surface area contributed by atoms with Crippen LogP contribution >= 0.6 is 0 Å². The van der Waals surface area contributed by atoms with Crippen LogP contribution in [0.3, 0.4) is 0 Å². The molecule has 6 rings (SSSR count). The summed E-state index contributed by atoms with van der Waals surface area (Å²) in [4.78, 5) is 42.2. The third-order valence-corrected chi connectivity index (χ3v) is 13.9. The topological polar surface area (TPSA) is 620 Å². The molecule has 6 heterocycles. The van der Waals surface area contributed by atoms with Crippen molar-refractivity contribution in [3.05, 3.63) is 43.0 Å². The van der Waals surface area contributed by atoms with Crippen molar-refractivity contribution in [2.24, 2.45) is 5.11 Å². The van der Waals surface area contributed by atoms with Gasteiger partial charge in [-0.15, -0.1) is 0 Å². The summed E-state index contributed by atoms with van der Waals surface area (Å²) in [6.45, 7) is -4.77. The van der Waals surface area contributed by atoms with Crippen LogP contribution < -0.4 is 11.2 Å². The minimum atomic E-state index is -5.92. The fraction of sp³-hybridized carbons (Fsp3) is 0.857. The van der Waals surface area contributed by atoms with Crippen LogP contribution in [0.25, 0.3) is 10.4 Å². The normalized spacial score (nSPS) is 37.4. The van der Waals surface area contributed by atoms with Crippen molar-refractivity contribution in [3.8, 4) is 0 Å². The predicted octanol–water partition coefficient (Wildman–Crippen LogP) is -9.75. The number of carbonyl (C=O) groups excluding carboxylic acids is 1. The number of aryl methyl sites for hydroxylation is 1. The summed E-state index contributed by atoms with van der Waals surface area (Å²) in [6.07, 6.45) is -43.2. The van der Waals surface area contributed by atoms with Gasteiger partial charge in [0.1, 0.15) is 86.6 Å². The number of aliphatic hydroxyl groups is 7. The number of aromatic amines is 1. The number of nitrogens with one attached hydrogen (secondary N) is 1. The Bertz CT molecular complexity index is 2930. The summed E-state index contributed by atoms with van der Waals surface area (Å²) >= 11 is 0. The molecule has 0 spiro atoms. The molecule has 0 saturated carbocycles. The molecular formula is C35H49N5O36S4-4. The van der Waals surface area contributed by atoms with Crippen LogP contribution in [-0.2, 0) is 110 Å². The van der Waals surface area contributed by atoms with E-state index in [-0.39, 0.29) is 12.0 Å². The molecule has 8 N–H and O–H groups in total. The lowest BCUT2D eigenvalue weighted by Crippen LogP contribution is -2.66. The molecule has 21 atom stereocenters. The third kappa shape index (κ3) is 17.7. The number of rotatable bonds is 24. The minimum Gasteiger partial charge on any atom is -0.726 e. The lowest BCUT2D eigenvalue weighted by atomic mass is 9.97. The fourth-order valence-corrected chi connectivity index (χ4v) is 10.3. The van der Waals surface area contributed by atoms with E-state index in [1.807, 2.05) is 0 Å². The second kappa shape index (κ2) is 26.9. The first-order valence-electron chi connectivity index (χ1n) is 22.7. The summed E-state index contributed by atoms with van der Waals surface area (Å²) in [5.41, 5.74) is 7.67. The molecule has 1 aromatic rings. The first-order chi connectivity index (χ1) is 37.1. The maximum atomic E-state index is 13.0. The van der Waals surface area contributed by atoms with E-state index in [0.717, 1.165) is 4.57 Å². The van der Waals surface area contributed by atoms with Crippen LogP contribution in [0.1, 0.15) is 24.6 Å². The number of hydrogen-bond acceptors (Lipinski definition) is 37. The number of azide groups is 1. The van der Waals surface area contributed by atoms with E-state index in [0.29, 0.717) is 0 Å². The summed E-state index contributed by atoms with van der Waals surface area (Å²) in [7, 11) is -23.0. The summed E-state index contributed by atoms with van der Waals surface area (Å²) < 4.78 is 211. The molecule has 0 aromatic carbocycles. The van der Waals surface area contributed by atoms with Gasteiger partial charge < -0.3 is 101 Å². The van der Waals surface area contributed by atoms with Crippen molar-refractivity contribution < 1.29 is 157 Å². The number of aromatic nitrogens is 2. The zero-order valence-electron chi connectivity index (χ0n) is 40.3. The highest BCUT2D eigenvalue weighted by Crippen LogP contribution is 2.36. The van der Waals surface area contributed by atoms with Gasteiger partial charge in [0.25, 0.3) is 5.56 Å². The van der Waals surface area contributed by atoms with Gasteiger partial charge in [-0.1, -0.05) is 5.11 Å². The van der Waals surface area contributed by atoms with Gasteiger partial charge in [-0.2, -0.15) is 0 Å². The lowest BCUT2D eigenvalue weighted by Gasteiger charge is -2.48. The fourth-order valence-electron chi connectivity index (χ4n) is 8.54. The maximum Gasteiger partial charge on any atom is 0.332 e. The van der Waals surface area contributed by atoms with Crippen LogP contribution in [0.15, 0.2) is 20.9 Å². The molecule has 80 heavy (non-hydrogen) atoms. The molecule has 5 saturated heterocycles. The first kappa shape index (κ1) is 65.5. The Labute approximate surface area is 448 Å². The summed E-state index contributed by atoms with van der Waals surface area (Å²) in [6, 6.07) is -1.05. The minimum absolute atomic E-state index is 0.113. The zero-order chi connectivity index (χ0) is 59.4. The van der Waals surface area contributed by atoms with E-state index in [9.17, 15) is 102 Å². The molecule has 5 aliphatic heterocycles. The summed E-state index contributed by atoms with van der Waals surface area (Å²) in [5.74, 6) is -1.21. The van der Waals surface area contributed by atoms with E-state index in [4.69, 9.17) is 52.9 Å². The number of ether oxygens (including phenoxy) is 10. The third-order valence-electron chi connectivity index (χ3n) is 12.1. The van der Waals surface area contributed by atoms with Crippen LogP contribution in [-0.4, -0.2) is 266 Å². The van der Waals surface area contributed by atoms with Crippen molar-refractivity contribution >= 4 is 47.6 Å². The number of hydrogen-bond donors (Lipinski definition) is 8. The molecule has 0 amide bonds. The standard InChI is InChI=1S/C35H53N5O36S4/c1-11-4-40(35(50)37-30(11)48)19-3-13(38-39-36)16(68-19)8-64-20(43)10-63-7-18-26(72-34-25(74-78(54,55)56)14(42)2-12(67-34)6-66-77(51,52)53)22(45)24(47)33(71-18)73-32-23(46)21(44)17(9-65-32)69-27-15(5-41)70-31(49)29(76-80(60,61)62)28(27)75-79(57,58)59/h4,12-19,21-29,31-34,41-42,44-47,49H,2-3,5-10H2,1H3,(H,37,48,50)(H,51,52,53)(H,54,55,56)(H,57,58,59)(H,60,61,62)/p-4/t12-,13-,14-,15+,16?,17+,18+,19+,21-,22+,23+,24+,25+,26+,27+,28+,29+,31+,32-,33-,34-/m0/s1. The average Bonchev–Trinajstić information content (AvgIpc) is 3.74. The van der Waals surface area contributed by atoms with Gasteiger partial charge in [-0.25, -0.2) is 43.3 Å². The number of nitrogens with zero attached hydrogens (tertiary/aromatic N) is 4. The predicted molar refractivity (Wildman–Crippen MR) is 233 cm³/mol. The zero-order valence-corrected chi connectivity index (χ0v) is 43.5. The quantitative estimate of drug-likeness (QED) is 0.0119. The highest BCUT2D eigenvalue weighted by atomic mass is 32.3. The average molecular weight is 1240 g/mol. The van der Waals surface area contributed by atoms with Gasteiger partial charge in [0.15, 0.2) is 37.4 Å². The van der Waals surface area contributed by atoms with Crippen molar-refractivity contribution in [2.75, 3.05) is 39.6 Å². The lowest BCUT2D eigenvalue weighted by molar-refractivity contribution is -0.385. The SMILES string of the molecule is Cc1cn([C@H]2C[C@H](N=[N+]=[N-])C(COC(=O)COC[C@H]3O[C@@H](O[C@@H]4OC[C@@H](O[C@H]5[C@@H](OS(=O)(=O)[O-])[C@@H](OS(=O)(=O)[O-])[C@H](O)O[C@@H]5CO)[C@H](O)[C@H]4O)[C@H](O)[C@@H](O)[C@@H]3O[C@@H]3O[C@H](COS(=O)(=O)[O-])C[C@H](O)[C@H]3OS(=O)(=O)[O-])O2)c(=O)[nH]c1=O. The molecule has 1 aromatic heterocycles. The van der Waals surface area contributed by atoms with Gasteiger partial charge in [0.2, 0.25) is 41.6 Å². The van der Waals surface area contributed by atoms with Gasteiger partial charge in [-0.3, -0.25) is 31.1 Å². The Hall–Kier alpha value is -3.70. The highest BCUT2D eigenvalue weighted by molar-refractivity contribution is 7.81. The molecule has 1 unspecified atom stereocenters. The molecule has 0 radical (unpaired) electrons. The largest absolute Gasteiger partial charge is 0.726 e. The van der Waals surface area contributed by atoms with E-state index in [2.05, 4.69) is 31.7 Å². The van der Waals surface area contributed by atoms with E-state index in [1.165, 1.54) is 13.1 Å². The molecular weight excluding hydrogens is 1190 g/mol. The Morgan fingerprint density at radius 3 is 1.99 bits per heavy atom. The van der Waals surface area contributed by atoms with Crippen LogP contribution in [0.5, 0.6) is 0 Å². The first-order valence-corrected chi connectivity index (χ1v) is 28.0. The molecule has 0 bridgehead atoms. The van der Waals surface area contributed by atoms with Crippen molar-refractivity contribution in [3.63, 3.8) is 0 Å². The number of esters is 1. The van der Waals surface area contributed by atoms with Crippen molar-refractivity contribution in [2.45, 2.75) is 149 Å². The molecule has 45 heteroatoms. The molecule has 5 fully saturated rings. The number of H-pyrrole nitrogens is 1. The summed E-state index contributed by atoms with van der Waals surface area (Å²) in [5, 5.41) is 79.7. The van der Waals surface area contributed by atoms with Gasteiger partial charge >= 0.3 is 11.7 Å². The molecule has 41 nitrogen and oxygen atoms in total. The number of carbonyl (C=O) groups is 1. The molecule has 5 aliphatic rings. The van der Waals surface area contributed by atoms with E-state index >= 15 is 0 Å². The van der Waals surface area contributed by atoms with E-state index in [1.54, 1.807) is 0 Å². The monoisotopic (exact) mass is 1240 g/mol. The van der Waals surface area contributed by atoms with Gasteiger partial charge in [0, 0.05) is 29.5 Å². The van der Waals surface area contributed by atoms with Crippen LogP contribution in [0.4, 0.5) is 0 Å². The second-order valence-electron chi connectivity index (χ2n) is 17.7. The van der Waals surface area contributed by atoms with Gasteiger partial charge in [-0.05, 0) is 12.5 Å². The maximum absolute atomic E-state index is 13.0. The van der Waals surface area contributed by atoms with Crippen LogP contribution in [0, 0.1) is 6.92 Å². The molecule has 0 aliphatic carbocycles. The van der Waals surface area contributed by atoms with Crippen molar-refractivity contribution in [1.82, 2.24) is 9.55 Å². The smallest absolute Gasteiger partial charge is 0.332 e. The Morgan fingerprint density at radius 1 is 0.725 bits per heavy atom. The Morgan fingerprint density at radius 2 is 1.36 bits per heavy atom.